The number of fused-ring (bicyclic) bond motifs is 1. The van der Waals surface area contributed by atoms with Crippen molar-refractivity contribution in [2.75, 3.05) is 13.1 Å². The van der Waals surface area contributed by atoms with Gasteiger partial charge in [0, 0.05) is 25.7 Å². The minimum Gasteiger partial charge on any atom is -0.348 e. The molecule has 1 saturated heterocycles. The van der Waals surface area contributed by atoms with Gasteiger partial charge in [0.25, 0.3) is 11.8 Å². The highest BCUT2D eigenvalue weighted by atomic mass is 16.2. The normalized spacial score (nSPS) is 19.0. The van der Waals surface area contributed by atoms with E-state index in [1.165, 1.54) is 12.8 Å². The molecular formula is C19H30N4O2. The van der Waals surface area contributed by atoms with Crippen molar-refractivity contribution < 1.29 is 9.59 Å². The van der Waals surface area contributed by atoms with E-state index < -0.39 is 0 Å². The molecule has 3 rings (SSSR count). The molecular weight excluding hydrogens is 316 g/mol. The van der Waals surface area contributed by atoms with Gasteiger partial charge in [0.05, 0.1) is 5.69 Å². The Labute approximate surface area is 150 Å². The molecule has 1 aromatic rings. The van der Waals surface area contributed by atoms with Crippen LogP contribution in [0.1, 0.15) is 85.6 Å². The van der Waals surface area contributed by atoms with Gasteiger partial charge in [-0.25, -0.2) is 4.98 Å². The molecule has 1 aromatic heterocycles. The van der Waals surface area contributed by atoms with Crippen LogP contribution in [0.25, 0.3) is 0 Å². The number of nitrogens with zero attached hydrogens (tertiary/aromatic N) is 3. The van der Waals surface area contributed by atoms with Crippen LogP contribution in [0.5, 0.6) is 0 Å². The molecule has 6 nitrogen and oxygen atoms in total. The molecule has 0 radical (unpaired) electrons. The number of imidazole rings is 1. The van der Waals surface area contributed by atoms with Crippen molar-refractivity contribution in [3.8, 4) is 0 Å². The largest absolute Gasteiger partial charge is 0.348 e. The van der Waals surface area contributed by atoms with E-state index >= 15 is 0 Å². The van der Waals surface area contributed by atoms with Crippen molar-refractivity contribution in [2.45, 2.75) is 77.8 Å². The summed E-state index contributed by atoms with van der Waals surface area (Å²) >= 11 is 0. The average molecular weight is 346 g/mol. The zero-order valence-electron chi connectivity index (χ0n) is 15.5. The third-order valence-corrected chi connectivity index (χ3v) is 5.41. The van der Waals surface area contributed by atoms with Crippen LogP contribution in [0.4, 0.5) is 0 Å². The number of aromatic nitrogens is 2. The molecule has 0 aromatic carbocycles. The third kappa shape index (κ3) is 3.88. The van der Waals surface area contributed by atoms with E-state index in [0.29, 0.717) is 11.5 Å². The zero-order valence-corrected chi connectivity index (χ0v) is 15.5. The van der Waals surface area contributed by atoms with E-state index in [0.717, 1.165) is 63.9 Å². The highest BCUT2D eigenvalue weighted by Crippen LogP contribution is 2.23. The fourth-order valence-corrected chi connectivity index (χ4v) is 3.70. The van der Waals surface area contributed by atoms with Crippen LogP contribution in [-0.4, -0.2) is 45.4 Å². The van der Waals surface area contributed by atoms with Crippen molar-refractivity contribution in [3.63, 3.8) is 0 Å². The molecule has 6 heteroatoms. The van der Waals surface area contributed by atoms with Gasteiger partial charge in [-0.2, -0.15) is 0 Å². The van der Waals surface area contributed by atoms with E-state index in [2.05, 4.69) is 10.3 Å². The molecule has 138 valence electrons. The lowest BCUT2D eigenvalue weighted by Gasteiger charge is -2.22. The molecule has 1 unspecified atom stereocenters. The fourth-order valence-electron chi connectivity index (χ4n) is 3.70. The smallest absolute Gasteiger partial charge is 0.289 e. The van der Waals surface area contributed by atoms with Crippen molar-refractivity contribution >= 4 is 11.8 Å². The first-order chi connectivity index (χ1) is 12.1. The van der Waals surface area contributed by atoms with Crippen LogP contribution in [-0.2, 0) is 13.0 Å². The maximum absolute atomic E-state index is 13.0. The number of likely N-dealkylation sites (tertiary alicyclic amines) is 1. The van der Waals surface area contributed by atoms with E-state index in [-0.39, 0.29) is 17.9 Å². The summed E-state index contributed by atoms with van der Waals surface area (Å²) in [4.78, 5) is 32.2. The molecule has 0 bridgehead atoms. The Balaban J connectivity index is 1.88. The number of carbonyl (C=O) groups excluding carboxylic acids is 2. The van der Waals surface area contributed by atoms with E-state index in [1.807, 2.05) is 23.3 Å². The molecule has 25 heavy (non-hydrogen) atoms. The van der Waals surface area contributed by atoms with Crippen LogP contribution in [0.15, 0.2) is 0 Å². The second kappa shape index (κ2) is 8.02. The lowest BCUT2D eigenvalue weighted by Crippen LogP contribution is -2.34. The number of hydrogen-bond acceptors (Lipinski definition) is 3. The van der Waals surface area contributed by atoms with Crippen molar-refractivity contribution in [1.29, 1.82) is 0 Å². The molecule has 1 fully saturated rings. The number of amides is 2. The van der Waals surface area contributed by atoms with Gasteiger partial charge in [-0.1, -0.05) is 19.8 Å². The predicted molar refractivity (Wildman–Crippen MR) is 96.8 cm³/mol. The molecule has 0 aliphatic carbocycles. The van der Waals surface area contributed by atoms with E-state index in [4.69, 9.17) is 0 Å². The Morgan fingerprint density at radius 2 is 1.76 bits per heavy atom. The highest BCUT2D eigenvalue weighted by molar-refractivity contribution is 5.97. The monoisotopic (exact) mass is 346 g/mol. The Morgan fingerprint density at radius 1 is 1.08 bits per heavy atom. The third-order valence-electron chi connectivity index (χ3n) is 5.41. The molecule has 2 amide bonds. The molecule has 0 saturated carbocycles. The van der Waals surface area contributed by atoms with Crippen molar-refractivity contribution in [2.24, 2.45) is 0 Å². The van der Waals surface area contributed by atoms with Gasteiger partial charge in [-0.3, -0.25) is 9.59 Å². The highest BCUT2D eigenvalue weighted by Gasteiger charge is 2.30. The van der Waals surface area contributed by atoms with Crippen LogP contribution in [0.3, 0.4) is 0 Å². The van der Waals surface area contributed by atoms with Gasteiger partial charge >= 0.3 is 0 Å². The zero-order chi connectivity index (χ0) is 17.8. The van der Waals surface area contributed by atoms with E-state index in [1.54, 1.807) is 0 Å². The first kappa shape index (κ1) is 18.0. The maximum atomic E-state index is 13.0. The van der Waals surface area contributed by atoms with Gasteiger partial charge in [0.15, 0.2) is 5.82 Å². The molecule has 0 spiro atoms. The van der Waals surface area contributed by atoms with E-state index in [9.17, 15) is 9.59 Å². The summed E-state index contributed by atoms with van der Waals surface area (Å²) in [6, 6.07) is 0.109. The summed E-state index contributed by atoms with van der Waals surface area (Å²) in [5.41, 5.74) is 1.39. The number of carbonyl (C=O) groups is 2. The first-order valence-corrected chi connectivity index (χ1v) is 9.81. The van der Waals surface area contributed by atoms with Gasteiger partial charge in [0.1, 0.15) is 5.69 Å². The van der Waals surface area contributed by atoms with Crippen LogP contribution < -0.4 is 5.32 Å². The van der Waals surface area contributed by atoms with Gasteiger partial charge < -0.3 is 14.8 Å². The number of nitrogens with one attached hydrogen (secondary N) is 1. The Bertz CT molecular complexity index is 630. The molecule has 2 aliphatic heterocycles. The van der Waals surface area contributed by atoms with Crippen LogP contribution in [0, 0.1) is 0 Å². The van der Waals surface area contributed by atoms with Crippen LogP contribution >= 0.6 is 0 Å². The second-order valence-electron chi connectivity index (χ2n) is 7.33. The molecule has 1 atom stereocenters. The minimum absolute atomic E-state index is 0.00681. The SMILES string of the molecule is CCC(C)NC(=O)c1nc(C(=O)N2CCCCCC2)n2c1CCCC2. The summed E-state index contributed by atoms with van der Waals surface area (Å²) in [7, 11) is 0. The topological polar surface area (TPSA) is 67.2 Å². The Hall–Kier alpha value is -1.85. The summed E-state index contributed by atoms with van der Waals surface area (Å²) < 4.78 is 2.00. The summed E-state index contributed by atoms with van der Waals surface area (Å²) in [5, 5.41) is 3.00. The fraction of sp³-hybridized carbons (Fsp3) is 0.737. The Morgan fingerprint density at radius 3 is 2.44 bits per heavy atom. The quantitative estimate of drug-likeness (QED) is 0.911. The maximum Gasteiger partial charge on any atom is 0.289 e. The summed E-state index contributed by atoms with van der Waals surface area (Å²) in [5.74, 6) is 0.313. The lowest BCUT2D eigenvalue weighted by molar-refractivity contribution is 0.0743. The standard InChI is InChI=1S/C19H30N4O2/c1-3-14(2)20-18(24)16-15-10-6-9-13-23(15)17(21-16)19(25)22-11-7-4-5-8-12-22/h14H,3-13H2,1-2H3,(H,20,24). The average Bonchev–Trinajstić information content (AvgIpc) is 2.80. The molecule has 2 aliphatic rings. The van der Waals surface area contributed by atoms with Gasteiger partial charge in [-0.15, -0.1) is 0 Å². The van der Waals surface area contributed by atoms with Gasteiger partial charge in [0.2, 0.25) is 0 Å². The molecule has 3 heterocycles. The number of rotatable bonds is 4. The second-order valence-corrected chi connectivity index (χ2v) is 7.33. The van der Waals surface area contributed by atoms with Crippen molar-refractivity contribution in [3.05, 3.63) is 17.2 Å². The summed E-state index contributed by atoms with van der Waals surface area (Å²) in [6.07, 6.45) is 8.27. The van der Waals surface area contributed by atoms with Crippen LogP contribution in [0.2, 0.25) is 0 Å². The first-order valence-electron chi connectivity index (χ1n) is 9.81. The van der Waals surface area contributed by atoms with Gasteiger partial charge in [-0.05, 0) is 45.4 Å². The minimum atomic E-state index is -0.144. The molecule has 1 N–H and O–H groups in total. The predicted octanol–water partition coefficient (Wildman–Crippen LogP) is 2.76. The summed E-state index contributed by atoms with van der Waals surface area (Å²) in [6.45, 7) is 6.42. The van der Waals surface area contributed by atoms with Crippen molar-refractivity contribution in [1.82, 2.24) is 19.8 Å². The lowest BCUT2D eigenvalue weighted by atomic mass is 10.1. The Kier molecular flexibility index (Phi) is 5.76. The number of hydrogen-bond donors (Lipinski definition) is 1.